The first kappa shape index (κ1) is 10.2. The molecular weight excluding hydrogens is 206 g/mol. The maximum absolute atomic E-state index is 5.12. The number of methoxy groups -OCH3 is 1. The van der Waals surface area contributed by atoms with Gasteiger partial charge in [0.25, 0.3) is 0 Å². The molecule has 0 aliphatic rings. The number of ether oxygens (including phenoxy) is 1. The molecule has 2 aromatic rings. The van der Waals surface area contributed by atoms with E-state index in [1.807, 2.05) is 31.2 Å². The lowest BCUT2D eigenvalue weighted by atomic mass is 10.2. The van der Waals surface area contributed by atoms with Crippen LogP contribution in [0.4, 0.5) is 0 Å². The lowest BCUT2D eigenvalue weighted by molar-refractivity contribution is 0.415. The molecule has 0 unspecified atom stereocenters. The maximum atomic E-state index is 5.12. The lowest BCUT2D eigenvalue weighted by Gasteiger charge is -1.99. The van der Waals surface area contributed by atoms with Gasteiger partial charge in [-0.2, -0.15) is 0 Å². The van der Waals surface area contributed by atoms with Gasteiger partial charge in [0, 0.05) is 10.4 Å². The summed E-state index contributed by atoms with van der Waals surface area (Å²) in [6.07, 6.45) is 0. The summed E-state index contributed by atoms with van der Waals surface area (Å²) in [4.78, 5) is 5.79. The van der Waals surface area contributed by atoms with E-state index >= 15 is 0 Å². The van der Waals surface area contributed by atoms with Crippen LogP contribution in [0.5, 0.6) is 5.75 Å². The Balaban J connectivity index is 2.37. The van der Waals surface area contributed by atoms with Crippen LogP contribution in [0, 0.1) is 13.8 Å². The molecule has 3 heteroatoms. The number of aromatic nitrogens is 1. The minimum Gasteiger partial charge on any atom is -0.497 e. The van der Waals surface area contributed by atoms with Gasteiger partial charge in [-0.05, 0) is 38.1 Å². The van der Waals surface area contributed by atoms with Crippen LogP contribution in [0.2, 0.25) is 0 Å². The molecule has 15 heavy (non-hydrogen) atoms. The highest BCUT2D eigenvalue weighted by Gasteiger charge is 2.05. The number of aryl methyl sites for hydroxylation is 2. The smallest absolute Gasteiger partial charge is 0.123 e. The molecule has 0 saturated heterocycles. The third-order valence-electron chi connectivity index (χ3n) is 2.37. The van der Waals surface area contributed by atoms with Crippen molar-refractivity contribution in [3.05, 3.63) is 34.8 Å². The minimum absolute atomic E-state index is 0.878. The Hall–Kier alpha value is -1.35. The summed E-state index contributed by atoms with van der Waals surface area (Å²) >= 11 is 1.73. The van der Waals surface area contributed by atoms with Gasteiger partial charge in [0.15, 0.2) is 0 Å². The zero-order valence-corrected chi connectivity index (χ0v) is 9.89. The normalized spacial score (nSPS) is 10.3. The van der Waals surface area contributed by atoms with Crippen molar-refractivity contribution in [1.29, 1.82) is 0 Å². The van der Waals surface area contributed by atoms with Crippen molar-refractivity contribution in [3.8, 4) is 16.3 Å². The Kier molecular flexibility index (Phi) is 2.73. The number of rotatable bonds is 2. The van der Waals surface area contributed by atoms with Crippen LogP contribution in [-0.2, 0) is 0 Å². The second kappa shape index (κ2) is 4.03. The summed E-state index contributed by atoms with van der Waals surface area (Å²) < 4.78 is 5.12. The molecule has 2 nitrogen and oxygen atoms in total. The predicted molar refractivity (Wildman–Crippen MR) is 63.6 cm³/mol. The molecule has 0 radical (unpaired) electrons. The SMILES string of the molecule is COc1ccc(-c2nc(C)c(C)s2)cc1. The molecule has 0 aliphatic carbocycles. The summed E-state index contributed by atoms with van der Waals surface area (Å²) in [5.41, 5.74) is 2.27. The quantitative estimate of drug-likeness (QED) is 0.772. The van der Waals surface area contributed by atoms with Crippen LogP contribution < -0.4 is 4.74 Å². The first-order valence-electron chi connectivity index (χ1n) is 4.79. The Bertz CT molecular complexity index is 439. The second-order valence-corrected chi connectivity index (χ2v) is 4.59. The molecule has 0 amide bonds. The van der Waals surface area contributed by atoms with E-state index in [2.05, 4.69) is 11.9 Å². The Labute approximate surface area is 93.6 Å². The molecule has 78 valence electrons. The van der Waals surface area contributed by atoms with Crippen LogP contribution in [0.3, 0.4) is 0 Å². The average molecular weight is 219 g/mol. The molecule has 0 spiro atoms. The van der Waals surface area contributed by atoms with Crippen molar-refractivity contribution in [3.63, 3.8) is 0 Å². The van der Waals surface area contributed by atoms with Crippen molar-refractivity contribution in [2.45, 2.75) is 13.8 Å². The van der Waals surface area contributed by atoms with Gasteiger partial charge in [0.05, 0.1) is 12.8 Å². The van der Waals surface area contributed by atoms with Crippen molar-refractivity contribution in [2.75, 3.05) is 7.11 Å². The number of benzene rings is 1. The van der Waals surface area contributed by atoms with Gasteiger partial charge in [-0.25, -0.2) is 4.98 Å². The second-order valence-electron chi connectivity index (χ2n) is 3.39. The van der Waals surface area contributed by atoms with Gasteiger partial charge < -0.3 is 4.74 Å². The Morgan fingerprint density at radius 1 is 1.13 bits per heavy atom. The largest absolute Gasteiger partial charge is 0.497 e. The van der Waals surface area contributed by atoms with Gasteiger partial charge >= 0.3 is 0 Å². The maximum Gasteiger partial charge on any atom is 0.123 e. The summed E-state index contributed by atoms with van der Waals surface area (Å²) in [6.45, 7) is 4.14. The summed E-state index contributed by atoms with van der Waals surface area (Å²) in [5, 5.41) is 1.08. The molecule has 0 atom stereocenters. The number of nitrogens with zero attached hydrogens (tertiary/aromatic N) is 1. The fraction of sp³-hybridized carbons (Fsp3) is 0.250. The molecule has 0 fully saturated rings. The molecule has 0 N–H and O–H groups in total. The van der Waals surface area contributed by atoms with Gasteiger partial charge in [-0.1, -0.05) is 0 Å². The van der Waals surface area contributed by atoms with Crippen molar-refractivity contribution in [2.24, 2.45) is 0 Å². The first-order valence-corrected chi connectivity index (χ1v) is 5.61. The van der Waals surface area contributed by atoms with Crippen molar-refractivity contribution in [1.82, 2.24) is 4.98 Å². The van der Waals surface area contributed by atoms with E-state index in [1.165, 1.54) is 4.88 Å². The van der Waals surface area contributed by atoms with E-state index in [-0.39, 0.29) is 0 Å². The Morgan fingerprint density at radius 2 is 1.80 bits per heavy atom. The summed E-state index contributed by atoms with van der Waals surface area (Å²) in [7, 11) is 1.67. The lowest BCUT2D eigenvalue weighted by Crippen LogP contribution is -1.82. The van der Waals surface area contributed by atoms with Crippen LogP contribution in [0.25, 0.3) is 10.6 Å². The van der Waals surface area contributed by atoms with E-state index in [0.29, 0.717) is 0 Å². The molecular formula is C12H13NOS. The highest BCUT2D eigenvalue weighted by Crippen LogP contribution is 2.28. The fourth-order valence-corrected chi connectivity index (χ4v) is 2.25. The third kappa shape index (κ3) is 2.02. The standard InChI is InChI=1S/C12H13NOS/c1-8-9(2)15-12(13-8)10-4-6-11(14-3)7-5-10/h4-7H,1-3H3. The fourth-order valence-electron chi connectivity index (χ4n) is 1.33. The topological polar surface area (TPSA) is 22.1 Å². The van der Waals surface area contributed by atoms with Gasteiger partial charge in [-0.3, -0.25) is 0 Å². The molecule has 1 heterocycles. The zero-order valence-electron chi connectivity index (χ0n) is 9.07. The van der Waals surface area contributed by atoms with E-state index < -0.39 is 0 Å². The number of hydrogen-bond acceptors (Lipinski definition) is 3. The molecule has 0 aliphatic heterocycles. The first-order chi connectivity index (χ1) is 7.20. The van der Waals surface area contributed by atoms with Crippen molar-refractivity contribution >= 4 is 11.3 Å². The van der Waals surface area contributed by atoms with Gasteiger partial charge in [0.2, 0.25) is 0 Å². The van der Waals surface area contributed by atoms with Gasteiger partial charge in [-0.15, -0.1) is 11.3 Å². The summed E-state index contributed by atoms with van der Waals surface area (Å²) in [6, 6.07) is 8.00. The highest BCUT2D eigenvalue weighted by atomic mass is 32.1. The molecule has 0 saturated carbocycles. The monoisotopic (exact) mass is 219 g/mol. The van der Waals surface area contributed by atoms with E-state index in [1.54, 1.807) is 18.4 Å². The molecule has 1 aromatic heterocycles. The zero-order chi connectivity index (χ0) is 10.8. The van der Waals surface area contributed by atoms with E-state index in [9.17, 15) is 0 Å². The number of hydrogen-bond donors (Lipinski definition) is 0. The van der Waals surface area contributed by atoms with Crippen LogP contribution >= 0.6 is 11.3 Å². The van der Waals surface area contributed by atoms with Crippen molar-refractivity contribution < 1.29 is 4.74 Å². The van der Waals surface area contributed by atoms with E-state index in [4.69, 9.17) is 4.74 Å². The van der Waals surface area contributed by atoms with Crippen LogP contribution in [0.15, 0.2) is 24.3 Å². The predicted octanol–water partition coefficient (Wildman–Crippen LogP) is 3.44. The Morgan fingerprint density at radius 3 is 2.27 bits per heavy atom. The minimum atomic E-state index is 0.878. The van der Waals surface area contributed by atoms with E-state index in [0.717, 1.165) is 22.0 Å². The molecule has 2 rings (SSSR count). The van der Waals surface area contributed by atoms with Crippen LogP contribution in [0.1, 0.15) is 10.6 Å². The molecule has 1 aromatic carbocycles. The highest BCUT2D eigenvalue weighted by molar-refractivity contribution is 7.15. The summed E-state index contributed by atoms with van der Waals surface area (Å²) in [5.74, 6) is 0.878. The molecule has 0 bridgehead atoms. The van der Waals surface area contributed by atoms with Crippen LogP contribution in [-0.4, -0.2) is 12.1 Å². The third-order valence-corrected chi connectivity index (χ3v) is 3.49. The van der Waals surface area contributed by atoms with Gasteiger partial charge in [0.1, 0.15) is 10.8 Å². The average Bonchev–Trinajstić information content (AvgIpc) is 2.59. The number of thiazole rings is 1.